The molecule has 0 spiro atoms. The second-order valence-electron chi connectivity index (χ2n) is 3.08. The Hall–Kier alpha value is -0.600. The fourth-order valence-corrected chi connectivity index (χ4v) is 1.77. The highest BCUT2D eigenvalue weighted by atomic mass is 35.5. The first-order valence-corrected chi connectivity index (χ1v) is 4.48. The molecule has 0 unspecified atom stereocenters. The summed E-state index contributed by atoms with van der Waals surface area (Å²) in [5, 5.41) is 10.1. The maximum absolute atomic E-state index is 9.57. The van der Waals surface area contributed by atoms with Gasteiger partial charge in [0.05, 0.1) is 6.10 Å². The average molecular weight is 184 g/mol. The maximum Gasteiger partial charge on any atom is 0.129 e. The quantitative estimate of drug-likeness (QED) is 0.625. The third-order valence-corrected chi connectivity index (χ3v) is 2.44. The van der Waals surface area contributed by atoms with Gasteiger partial charge in [0.1, 0.15) is 5.15 Å². The summed E-state index contributed by atoms with van der Waals surface area (Å²) in [5.74, 6) is 0. The van der Waals surface area contributed by atoms with Gasteiger partial charge in [0.25, 0.3) is 0 Å². The van der Waals surface area contributed by atoms with Gasteiger partial charge >= 0.3 is 0 Å². The highest BCUT2D eigenvalue weighted by Gasteiger charge is 2.18. The van der Waals surface area contributed by atoms with Crippen molar-refractivity contribution in [3.63, 3.8) is 0 Å². The lowest BCUT2D eigenvalue weighted by molar-refractivity contribution is 0.155. The number of rotatable bonds is 0. The van der Waals surface area contributed by atoms with E-state index in [1.807, 2.05) is 6.07 Å². The summed E-state index contributed by atoms with van der Waals surface area (Å²) >= 11 is 5.73. The molecule has 1 heterocycles. The standard InChI is InChI=1S/C9H10ClNO/c10-9-5-4-6-7(11-9)2-1-3-8(6)12/h4-5,8,12H,1-3H2/t8-/m0/s1. The second-order valence-corrected chi connectivity index (χ2v) is 3.47. The van der Waals surface area contributed by atoms with Crippen LogP contribution in [0.4, 0.5) is 0 Å². The van der Waals surface area contributed by atoms with Gasteiger partial charge in [0.15, 0.2) is 0 Å². The average Bonchev–Trinajstić information content (AvgIpc) is 2.04. The zero-order chi connectivity index (χ0) is 8.55. The number of aryl methyl sites for hydroxylation is 1. The minimum atomic E-state index is -0.335. The van der Waals surface area contributed by atoms with E-state index in [0.29, 0.717) is 5.15 Å². The number of fused-ring (bicyclic) bond motifs is 1. The van der Waals surface area contributed by atoms with E-state index in [2.05, 4.69) is 4.98 Å². The zero-order valence-electron chi connectivity index (χ0n) is 6.63. The van der Waals surface area contributed by atoms with E-state index < -0.39 is 0 Å². The molecule has 1 atom stereocenters. The first-order valence-electron chi connectivity index (χ1n) is 4.11. The molecule has 0 aliphatic heterocycles. The van der Waals surface area contributed by atoms with Crippen LogP contribution in [0.3, 0.4) is 0 Å². The number of hydrogen-bond acceptors (Lipinski definition) is 2. The van der Waals surface area contributed by atoms with Crippen LogP contribution in [0.5, 0.6) is 0 Å². The topological polar surface area (TPSA) is 33.1 Å². The van der Waals surface area contributed by atoms with Crippen molar-refractivity contribution in [2.24, 2.45) is 0 Å². The minimum absolute atomic E-state index is 0.335. The Morgan fingerprint density at radius 1 is 1.50 bits per heavy atom. The summed E-state index contributed by atoms with van der Waals surface area (Å²) in [5.41, 5.74) is 1.91. The molecule has 3 heteroatoms. The van der Waals surface area contributed by atoms with E-state index in [-0.39, 0.29) is 6.10 Å². The van der Waals surface area contributed by atoms with Crippen molar-refractivity contribution in [2.75, 3.05) is 0 Å². The lowest BCUT2D eigenvalue weighted by Gasteiger charge is -2.19. The Bertz CT molecular complexity index is 301. The van der Waals surface area contributed by atoms with Crippen molar-refractivity contribution in [1.29, 1.82) is 0 Å². The molecule has 64 valence electrons. The van der Waals surface area contributed by atoms with Crippen LogP contribution in [0.15, 0.2) is 12.1 Å². The Balaban J connectivity index is 2.46. The number of aromatic nitrogens is 1. The molecule has 0 bridgehead atoms. The van der Waals surface area contributed by atoms with E-state index >= 15 is 0 Å². The van der Waals surface area contributed by atoms with Crippen LogP contribution in [0, 0.1) is 0 Å². The van der Waals surface area contributed by atoms with Gasteiger partial charge in [-0.3, -0.25) is 0 Å². The third-order valence-electron chi connectivity index (χ3n) is 2.23. The van der Waals surface area contributed by atoms with Crippen molar-refractivity contribution in [3.05, 3.63) is 28.5 Å². The van der Waals surface area contributed by atoms with E-state index in [1.54, 1.807) is 6.07 Å². The first kappa shape index (κ1) is 8.02. The van der Waals surface area contributed by atoms with Gasteiger partial charge in [-0.05, 0) is 25.3 Å². The molecule has 1 aromatic heterocycles. The Morgan fingerprint density at radius 2 is 2.33 bits per heavy atom. The zero-order valence-corrected chi connectivity index (χ0v) is 7.38. The molecule has 1 N–H and O–H groups in total. The number of pyridine rings is 1. The van der Waals surface area contributed by atoms with E-state index in [0.717, 1.165) is 30.5 Å². The third kappa shape index (κ3) is 1.32. The number of nitrogens with zero attached hydrogens (tertiary/aromatic N) is 1. The molecule has 0 amide bonds. The monoisotopic (exact) mass is 183 g/mol. The highest BCUT2D eigenvalue weighted by Crippen LogP contribution is 2.28. The molecular formula is C9H10ClNO. The molecule has 1 aliphatic rings. The van der Waals surface area contributed by atoms with Gasteiger partial charge in [-0.2, -0.15) is 0 Å². The molecule has 1 aromatic rings. The first-order chi connectivity index (χ1) is 5.77. The normalized spacial score (nSPS) is 22.0. The smallest absolute Gasteiger partial charge is 0.129 e. The largest absolute Gasteiger partial charge is 0.388 e. The van der Waals surface area contributed by atoms with Crippen LogP contribution < -0.4 is 0 Å². The molecule has 2 rings (SSSR count). The van der Waals surface area contributed by atoms with Gasteiger partial charge in [-0.25, -0.2) is 4.98 Å². The second kappa shape index (κ2) is 3.04. The molecule has 1 aliphatic carbocycles. The van der Waals surface area contributed by atoms with Crippen LogP contribution in [0.1, 0.15) is 30.2 Å². The summed E-state index contributed by atoms with van der Waals surface area (Å²) < 4.78 is 0. The molecule has 12 heavy (non-hydrogen) atoms. The van der Waals surface area contributed by atoms with Gasteiger partial charge in [-0.1, -0.05) is 17.7 Å². The van der Waals surface area contributed by atoms with Crippen LogP contribution in [0.2, 0.25) is 5.15 Å². The molecule has 0 saturated carbocycles. The van der Waals surface area contributed by atoms with Crippen molar-refractivity contribution < 1.29 is 5.11 Å². The van der Waals surface area contributed by atoms with Crippen molar-refractivity contribution in [1.82, 2.24) is 4.98 Å². The van der Waals surface area contributed by atoms with Crippen LogP contribution >= 0.6 is 11.6 Å². The Morgan fingerprint density at radius 3 is 3.17 bits per heavy atom. The number of hydrogen-bond donors (Lipinski definition) is 1. The summed E-state index contributed by atoms with van der Waals surface area (Å²) in [7, 11) is 0. The molecule has 0 radical (unpaired) electrons. The minimum Gasteiger partial charge on any atom is -0.388 e. The summed E-state index contributed by atoms with van der Waals surface area (Å²) in [6.45, 7) is 0. The van der Waals surface area contributed by atoms with Gasteiger partial charge < -0.3 is 5.11 Å². The van der Waals surface area contributed by atoms with Crippen molar-refractivity contribution in [3.8, 4) is 0 Å². The molecular weight excluding hydrogens is 174 g/mol. The van der Waals surface area contributed by atoms with E-state index in [4.69, 9.17) is 11.6 Å². The van der Waals surface area contributed by atoms with E-state index in [1.165, 1.54) is 0 Å². The number of aliphatic hydroxyl groups excluding tert-OH is 1. The summed E-state index contributed by atoms with van der Waals surface area (Å²) in [4.78, 5) is 4.17. The number of halogens is 1. The Labute approximate surface area is 76.2 Å². The molecule has 0 saturated heterocycles. The highest BCUT2D eigenvalue weighted by molar-refractivity contribution is 6.29. The van der Waals surface area contributed by atoms with Gasteiger partial charge in [0.2, 0.25) is 0 Å². The predicted octanol–water partition coefficient (Wildman–Crippen LogP) is 2.10. The van der Waals surface area contributed by atoms with Crippen molar-refractivity contribution in [2.45, 2.75) is 25.4 Å². The van der Waals surface area contributed by atoms with Crippen LogP contribution in [-0.4, -0.2) is 10.1 Å². The fraction of sp³-hybridized carbons (Fsp3) is 0.444. The fourth-order valence-electron chi connectivity index (χ4n) is 1.61. The van der Waals surface area contributed by atoms with Gasteiger partial charge in [-0.15, -0.1) is 0 Å². The predicted molar refractivity (Wildman–Crippen MR) is 47.1 cm³/mol. The summed E-state index contributed by atoms with van der Waals surface area (Å²) in [6.07, 6.45) is 2.45. The number of aliphatic hydroxyl groups is 1. The Kier molecular flexibility index (Phi) is 2.03. The van der Waals surface area contributed by atoms with Crippen LogP contribution in [0.25, 0.3) is 0 Å². The SMILES string of the molecule is O[C@H]1CCCc2nc(Cl)ccc21. The lowest BCUT2D eigenvalue weighted by atomic mass is 9.94. The van der Waals surface area contributed by atoms with Crippen LogP contribution in [-0.2, 0) is 6.42 Å². The molecule has 2 nitrogen and oxygen atoms in total. The van der Waals surface area contributed by atoms with Crippen molar-refractivity contribution >= 4 is 11.6 Å². The molecule has 0 fully saturated rings. The summed E-state index contributed by atoms with van der Waals surface area (Å²) in [6, 6.07) is 3.60. The lowest BCUT2D eigenvalue weighted by Crippen LogP contribution is -2.10. The van der Waals surface area contributed by atoms with E-state index in [9.17, 15) is 5.11 Å². The molecule has 0 aromatic carbocycles. The maximum atomic E-state index is 9.57. The van der Waals surface area contributed by atoms with Gasteiger partial charge in [0, 0.05) is 11.3 Å².